The first-order chi connectivity index (χ1) is 11.1. The lowest BCUT2D eigenvalue weighted by molar-refractivity contribution is -0.122. The van der Waals surface area contributed by atoms with Gasteiger partial charge < -0.3 is 20.5 Å². The number of rotatable bonds is 7. The van der Waals surface area contributed by atoms with Gasteiger partial charge >= 0.3 is 0 Å². The van der Waals surface area contributed by atoms with Gasteiger partial charge in [-0.15, -0.1) is 0 Å². The Bertz CT molecular complexity index is 501. The van der Waals surface area contributed by atoms with Crippen LogP contribution < -0.4 is 15.4 Å². The fraction of sp³-hybridized carbons (Fsp3) is 0.611. The SMILES string of the molecule is COc1ccccc1C(O)CNC(=O)CC(C)C1CCNCC1. The van der Waals surface area contributed by atoms with Crippen LogP contribution in [0.5, 0.6) is 5.75 Å². The molecule has 2 unspecified atom stereocenters. The molecule has 1 saturated heterocycles. The van der Waals surface area contributed by atoms with Gasteiger partial charge in [-0.25, -0.2) is 0 Å². The summed E-state index contributed by atoms with van der Waals surface area (Å²) in [6.45, 7) is 4.44. The fourth-order valence-corrected chi connectivity index (χ4v) is 3.21. The van der Waals surface area contributed by atoms with Crippen LogP contribution in [0, 0.1) is 11.8 Å². The number of hydrogen-bond donors (Lipinski definition) is 3. The van der Waals surface area contributed by atoms with Gasteiger partial charge in [0.15, 0.2) is 0 Å². The summed E-state index contributed by atoms with van der Waals surface area (Å²) in [7, 11) is 1.57. The average Bonchev–Trinajstić information content (AvgIpc) is 2.60. The molecule has 1 aromatic carbocycles. The minimum absolute atomic E-state index is 0.00461. The zero-order valence-electron chi connectivity index (χ0n) is 14.0. The lowest BCUT2D eigenvalue weighted by Crippen LogP contribution is -2.34. The van der Waals surface area contributed by atoms with Crippen molar-refractivity contribution in [3.05, 3.63) is 29.8 Å². The van der Waals surface area contributed by atoms with Crippen molar-refractivity contribution < 1.29 is 14.6 Å². The quantitative estimate of drug-likeness (QED) is 0.717. The van der Waals surface area contributed by atoms with Crippen LogP contribution in [0.15, 0.2) is 24.3 Å². The zero-order valence-corrected chi connectivity index (χ0v) is 14.0. The van der Waals surface area contributed by atoms with Crippen molar-refractivity contribution in [2.45, 2.75) is 32.3 Å². The molecule has 5 heteroatoms. The van der Waals surface area contributed by atoms with Crippen molar-refractivity contribution in [1.29, 1.82) is 0 Å². The molecule has 1 aliphatic rings. The molecule has 128 valence electrons. The molecule has 0 saturated carbocycles. The smallest absolute Gasteiger partial charge is 0.220 e. The van der Waals surface area contributed by atoms with Crippen molar-refractivity contribution in [1.82, 2.24) is 10.6 Å². The number of piperidine rings is 1. The molecule has 2 atom stereocenters. The number of hydrogen-bond acceptors (Lipinski definition) is 4. The topological polar surface area (TPSA) is 70.6 Å². The standard InChI is InChI=1S/C18H28N2O3/c1-13(14-7-9-19-10-8-14)11-18(22)20-12-16(21)15-5-3-4-6-17(15)23-2/h3-6,13-14,16,19,21H,7-12H2,1-2H3,(H,20,22). The molecule has 1 fully saturated rings. The van der Waals surface area contributed by atoms with Crippen LogP contribution in [0.1, 0.15) is 37.9 Å². The molecule has 5 nitrogen and oxygen atoms in total. The molecule has 2 rings (SSSR count). The summed E-state index contributed by atoms with van der Waals surface area (Å²) in [6, 6.07) is 7.32. The molecule has 0 aliphatic carbocycles. The lowest BCUT2D eigenvalue weighted by Gasteiger charge is -2.28. The second-order valence-electron chi connectivity index (χ2n) is 6.33. The van der Waals surface area contributed by atoms with Crippen LogP contribution in [0.4, 0.5) is 0 Å². The molecule has 1 aliphatic heterocycles. The Balaban J connectivity index is 1.79. The Morgan fingerprint density at radius 3 is 2.78 bits per heavy atom. The number of carbonyl (C=O) groups is 1. The first-order valence-electron chi connectivity index (χ1n) is 8.40. The van der Waals surface area contributed by atoms with E-state index in [4.69, 9.17) is 4.74 Å². The Morgan fingerprint density at radius 1 is 1.39 bits per heavy atom. The summed E-state index contributed by atoms with van der Waals surface area (Å²) in [4.78, 5) is 12.1. The molecule has 3 N–H and O–H groups in total. The third kappa shape index (κ3) is 5.22. The van der Waals surface area contributed by atoms with E-state index in [1.807, 2.05) is 18.2 Å². The summed E-state index contributed by atoms with van der Waals surface area (Å²) < 4.78 is 5.24. The molecule has 0 aromatic heterocycles. The predicted octanol–water partition coefficient (Wildman–Crippen LogP) is 1.87. The zero-order chi connectivity index (χ0) is 16.7. The third-order valence-electron chi connectivity index (χ3n) is 4.69. The normalized spacial score (nSPS) is 18.2. The minimum atomic E-state index is -0.760. The van der Waals surface area contributed by atoms with E-state index in [0.29, 0.717) is 29.6 Å². The van der Waals surface area contributed by atoms with Gasteiger partial charge in [-0.05, 0) is 43.8 Å². The second kappa shape index (κ2) is 8.89. The summed E-state index contributed by atoms with van der Waals surface area (Å²) in [5.74, 6) is 1.63. The first kappa shape index (κ1) is 17.8. The number of carbonyl (C=O) groups excluding carboxylic acids is 1. The maximum absolute atomic E-state index is 12.1. The molecule has 1 amide bonds. The fourth-order valence-electron chi connectivity index (χ4n) is 3.21. The summed E-state index contributed by atoms with van der Waals surface area (Å²) in [5, 5.41) is 16.4. The number of aliphatic hydroxyl groups excluding tert-OH is 1. The minimum Gasteiger partial charge on any atom is -0.496 e. The predicted molar refractivity (Wildman–Crippen MR) is 90.3 cm³/mol. The van der Waals surface area contributed by atoms with E-state index in [2.05, 4.69) is 17.6 Å². The summed E-state index contributed by atoms with van der Waals surface area (Å²) in [6.07, 6.45) is 2.03. The number of methoxy groups -OCH3 is 1. The number of amides is 1. The van der Waals surface area contributed by atoms with Gasteiger partial charge in [-0.1, -0.05) is 25.1 Å². The third-order valence-corrected chi connectivity index (χ3v) is 4.69. The molecule has 1 aromatic rings. The van der Waals surface area contributed by atoms with Gasteiger partial charge in [-0.2, -0.15) is 0 Å². The lowest BCUT2D eigenvalue weighted by atomic mass is 9.84. The van der Waals surface area contributed by atoms with E-state index < -0.39 is 6.10 Å². The van der Waals surface area contributed by atoms with Crippen LogP contribution >= 0.6 is 0 Å². The molecule has 23 heavy (non-hydrogen) atoms. The van der Waals surface area contributed by atoms with E-state index in [9.17, 15) is 9.90 Å². The number of ether oxygens (including phenoxy) is 1. The van der Waals surface area contributed by atoms with Gasteiger partial charge in [0.25, 0.3) is 0 Å². The highest BCUT2D eigenvalue weighted by Gasteiger charge is 2.22. The Kier molecular flexibility index (Phi) is 6.86. The van der Waals surface area contributed by atoms with Crippen molar-refractivity contribution in [3.63, 3.8) is 0 Å². The maximum atomic E-state index is 12.1. The molecular weight excluding hydrogens is 292 g/mol. The molecule has 0 spiro atoms. The molecular formula is C18H28N2O3. The maximum Gasteiger partial charge on any atom is 0.220 e. The van der Waals surface area contributed by atoms with E-state index >= 15 is 0 Å². The Hall–Kier alpha value is -1.59. The number of nitrogens with one attached hydrogen (secondary N) is 2. The van der Waals surface area contributed by atoms with Crippen LogP contribution in [0.3, 0.4) is 0 Å². The molecule has 0 bridgehead atoms. The van der Waals surface area contributed by atoms with Gasteiger partial charge in [0.2, 0.25) is 5.91 Å². The van der Waals surface area contributed by atoms with E-state index in [1.165, 1.54) is 0 Å². The van der Waals surface area contributed by atoms with Crippen LogP contribution in [0.25, 0.3) is 0 Å². The molecule has 1 heterocycles. The van der Waals surface area contributed by atoms with Gasteiger partial charge in [0.1, 0.15) is 5.75 Å². The average molecular weight is 320 g/mol. The largest absolute Gasteiger partial charge is 0.496 e. The number of para-hydroxylation sites is 1. The monoisotopic (exact) mass is 320 g/mol. The number of benzene rings is 1. The highest BCUT2D eigenvalue weighted by atomic mass is 16.5. The Labute approximate surface area is 138 Å². The van der Waals surface area contributed by atoms with Gasteiger partial charge in [0.05, 0.1) is 13.2 Å². The van der Waals surface area contributed by atoms with E-state index in [-0.39, 0.29) is 12.5 Å². The van der Waals surface area contributed by atoms with E-state index in [1.54, 1.807) is 13.2 Å². The van der Waals surface area contributed by atoms with Gasteiger partial charge in [-0.3, -0.25) is 4.79 Å². The highest BCUT2D eigenvalue weighted by molar-refractivity contribution is 5.76. The van der Waals surface area contributed by atoms with E-state index in [0.717, 1.165) is 25.9 Å². The van der Waals surface area contributed by atoms with Gasteiger partial charge in [0, 0.05) is 18.5 Å². The van der Waals surface area contributed by atoms with Crippen molar-refractivity contribution >= 4 is 5.91 Å². The molecule has 0 radical (unpaired) electrons. The summed E-state index contributed by atoms with van der Waals surface area (Å²) in [5.41, 5.74) is 0.696. The summed E-state index contributed by atoms with van der Waals surface area (Å²) >= 11 is 0. The van der Waals surface area contributed by atoms with Crippen LogP contribution in [0.2, 0.25) is 0 Å². The Morgan fingerprint density at radius 2 is 2.09 bits per heavy atom. The first-order valence-corrected chi connectivity index (χ1v) is 8.40. The highest BCUT2D eigenvalue weighted by Crippen LogP contribution is 2.25. The van der Waals surface area contributed by atoms with Crippen LogP contribution in [-0.4, -0.2) is 37.8 Å². The second-order valence-corrected chi connectivity index (χ2v) is 6.33. The van der Waals surface area contributed by atoms with Crippen molar-refractivity contribution in [2.75, 3.05) is 26.7 Å². The van der Waals surface area contributed by atoms with Crippen LogP contribution in [-0.2, 0) is 4.79 Å². The van der Waals surface area contributed by atoms with Crippen molar-refractivity contribution in [2.24, 2.45) is 11.8 Å². The van der Waals surface area contributed by atoms with Crippen molar-refractivity contribution in [3.8, 4) is 5.75 Å². The number of aliphatic hydroxyl groups is 1.